The van der Waals surface area contributed by atoms with E-state index in [0.29, 0.717) is 0 Å². The molecule has 1 heterocycles. The van der Waals surface area contributed by atoms with Crippen LogP contribution in [0.3, 0.4) is 0 Å². The fourth-order valence-corrected chi connectivity index (χ4v) is 5.97. The minimum absolute atomic E-state index is 0.559. The number of hydrogen-bond acceptors (Lipinski definition) is 1. The molecule has 0 aliphatic heterocycles. The third-order valence-electron chi connectivity index (χ3n) is 7.87. The zero-order valence-electron chi connectivity index (χ0n) is 51.4. The Morgan fingerprint density at radius 2 is 0.872 bits per heavy atom. The van der Waals surface area contributed by atoms with Crippen molar-refractivity contribution in [2.75, 3.05) is 0 Å². The smallest absolute Gasteiger partial charge is 0.143 e. The number of para-hydroxylation sites is 1. The predicted octanol–water partition coefficient (Wildman–Crippen LogP) is 13.2. The Hall–Kier alpha value is -6.18. The van der Waals surface area contributed by atoms with Crippen LogP contribution in [0.15, 0.2) is 174 Å². The van der Waals surface area contributed by atoms with Crippen LogP contribution in [-0.4, -0.2) is 0 Å². The van der Waals surface area contributed by atoms with Crippen molar-refractivity contribution >= 4 is 65.0 Å². The second kappa shape index (κ2) is 10.2. The summed E-state index contributed by atoms with van der Waals surface area (Å²) in [4.78, 5) is 0. The van der Waals surface area contributed by atoms with Gasteiger partial charge in [-0.15, -0.1) is 0 Å². The summed E-state index contributed by atoms with van der Waals surface area (Å²) >= 11 is 0. The molecule has 9 aromatic carbocycles. The summed E-state index contributed by atoms with van der Waals surface area (Å²) in [7, 11) is 0. The van der Waals surface area contributed by atoms with Gasteiger partial charge in [0.05, 0.1) is 38.4 Å². The van der Waals surface area contributed by atoms with Crippen LogP contribution in [-0.2, 0) is 0 Å². The lowest BCUT2D eigenvalue weighted by atomic mass is 9.83. The highest BCUT2D eigenvalue weighted by Crippen LogP contribution is 2.48. The molecular weight excluding hydrogens is 569 g/mol. The van der Waals surface area contributed by atoms with Crippen LogP contribution in [0.25, 0.3) is 98.4 Å². The van der Waals surface area contributed by atoms with E-state index in [0.717, 1.165) is 0 Å². The molecule has 0 aliphatic rings. The Labute approximate surface area is 311 Å². The number of hydrogen-bond donors (Lipinski definition) is 0. The third-order valence-corrected chi connectivity index (χ3v) is 7.87. The maximum absolute atomic E-state index is 9.61. The molecule has 0 aliphatic carbocycles. The van der Waals surface area contributed by atoms with E-state index in [4.69, 9.17) is 31.8 Å². The predicted molar refractivity (Wildman–Crippen MR) is 200 cm³/mol. The number of fused-ring (bicyclic) bond motifs is 8. The van der Waals surface area contributed by atoms with Crippen molar-refractivity contribution < 1.29 is 42.8 Å². The molecule has 0 atom stereocenters. The van der Waals surface area contributed by atoms with Crippen LogP contribution < -0.4 is 0 Å². The van der Waals surface area contributed by atoms with Crippen molar-refractivity contribution in [2.24, 2.45) is 0 Å². The Morgan fingerprint density at radius 3 is 1.60 bits per heavy atom. The number of rotatable bonds is 3. The molecule has 0 unspecified atom stereocenters. The van der Waals surface area contributed by atoms with Gasteiger partial charge in [-0.2, -0.15) is 0 Å². The van der Waals surface area contributed by atoms with Crippen LogP contribution >= 0.6 is 0 Å². The van der Waals surface area contributed by atoms with Gasteiger partial charge in [-0.3, -0.25) is 0 Å². The molecule has 10 rings (SSSR count). The van der Waals surface area contributed by atoms with Crippen molar-refractivity contribution in [3.63, 3.8) is 0 Å². The highest BCUT2D eigenvalue weighted by atomic mass is 16.3. The van der Waals surface area contributed by atoms with Crippen molar-refractivity contribution in [1.29, 1.82) is 0 Å². The largest absolute Gasteiger partial charge is 0.455 e. The Bertz CT molecular complexity index is 4330. The van der Waals surface area contributed by atoms with E-state index >= 15 is 0 Å². The Morgan fingerprint density at radius 1 is 0.340 bits per heavy atom. The molecule has 0 radical (unpaired) electrons. The summed E-state index contributed by atoms with van der Waals surface area (Å²) in [5.74, 6) is 0. The van der Waals surface area contributed by atoms with Crippen LogP contribution in [0.4, 0.5) is 0 Å². The van der Waals surface area contributed by atoms with Gasteiger partial charge in [0.2, 0.25) is 0 Å². The molecule has 47 heavy (non-hydrogen) atoms. The Balaban J connectivity index is 1.57. The van der Waals surface area contributed by atoms with Gasteiger partial charge in [-0.25, -0.2) is 0 Å². The summed E-state index contributed by atoms with van der Waals surface area (Å²) in [6.07, 6.45) is 0. The minimum Gasteiger partial charge on any atom is -0.455 e. The molecule has 1 heteroatoms. The fourth-order valence-electron chi connectivity index (χ4n) is 5.97. The molecule has 0 saturated carbocycles. The summed E-state index contributed by atoms with van der Waals surface area (Å²) in [5, 5.41) is -6.67. The lowest BCUT2D eigenvalue weighted by Crippen LogP contribution is -1.92. The SMILES string of the molecule is [2H]c1c([2H])c([2H])c(-c2c([2H])c([2H])c([2H])c3c2oc2c([2H])c([2H])c([2H])c(-c4c5c([2H])c([2H])c([2H])c([2H])c5c(-c5c([2H])c([2H])c([2H])c6c5c([2H])c([2H])c5c([2H])c([2H])c([2H])c([2H])c56)c5c([2H])c([2H])c([2H])c([2H])c45)c23)c([2H])c1[2H]. The van der Waals surface area contributed by atoms with Gasteiger partial charge in [-0.1, -0.05) is 163 Å². The summed E-state index contributed by atoms with van der Waals surface area (Å²) in [6.45, 7) is 0. The first-order valence-electron chi connectivity index (χ1n) is 27.9. The topological polar surface area (TPSA) is 13.1 Å². The van der Waals surface area contributed by atoms with Gasteiger partial charge in [0.15, 0.2) is 0 Å². The van der Waals surface area contributed by atoms with Crippen LogP contribution in [0.1, 0.15) is 38.4 Å². The summed E-state index contributed by atoms with van der Waals surface area (Å²) < 4.78 is 259. The van der Waals surface area contributed by atoms with E-state index in [1.165, 1.54) is 0 Å². The van der Waals surface area contributed by atoms with Crippen molar-refractivity contribution in [2.45, 2.75) is 0 Å². The summed E-state index contributed by atoms with van der Waals surface area (Å²) in [5.41, 5.74) is -5.77. The lowest BCUT2D eigenvalue weighted by Gasteiger charge is -2.19. The molecular formula is C46H28O. The third kappa shape index (κ3) is 3.84. The second-order valence-corrected chi connectivity index (χ2v) is 10.3. The van der Waals surface area contributed by atoms with Gasteiger partial charge >= 0.3 is 0 Å². The number of benzene rings is 9. The Kier molecular flexibility index (Phi) is 2.31. The van der Waals surface area contributed by atoms with E-state index in [9.17, 15) is 11.0 Å². The number of furan rings is 1. The van der Waals surface area contributed by atoms with E-state index in [1.807, 2.05) is 0 Å². The van der Waals surface area contributed by atoms with Gasteiger partial charge in [0.25, 0.3) is 0 Å². The minimum atomic E-state index is -1.02. The molecule has 0 amide bonds. The standard InChI is InChI=1S/C46H28O/c1-2-13-29(14-3-1)32-21-10-25-41-45-40(24-12-26-42(45)47-46(32)41)44-38-19-8-6-17-36(38)43(37-18-7-9-20-39(37)44)35-23-11-22-33-31-16-5-4-15-30(31)27-28-34(33)35/h1-28H/i1D,2D,3D,4D,5D,6D,7D,8D,9D,10D,11D,12D,13D,14D,15D,16D,17D,18D,19D,20D,21D,22D,23D,24D,25D,26D,27D,28D. The molecule has 0 saturated heterocycles. The second-order valence-electron chi connectivity index (χ2n) is 10.3. The zero-order valence-corrected chi connectivity index (χ0v) is 23.4. The first-order chi connectivity index (χ1) is 35.0. The maximum Gasteiger partial charge on any atom is 0.143 e. The van der Waals surface area contributed by atoms with Gasteiger partial charge in [0.1, 0.15) is 11.2 Å². The zero-order chi connectivity index (χ0) is 55.3. The van der Waals surface area contributed by atoms with Gasteiger partial charge < -0.3 is 4.42 Å². The highest BCUT2D eigenvalue weighted by molar-refractivity contribution is 6.28. The van der Waals surface area contributed by atoms with E-state index in [-0.39, 0.29) is 0 Å². The quantitative estimate of drug-likeness (QED) is 0.141. The molecule has 0 spiro atoms. The molecule has 0 fully saturated rings. The molecule has 0 N–H and O–H groups in total. The first kappa shape index (κ1) is 10.7. The average Bonchev–Trinajstić information content (AvgIpc) is 3.84. The van der Waals surface area contributed by atoms with Crippen molar-refractivity contribution in [1.82, 2.24) is 0 Å². The molecule has 1 nitrogen and oxygen atoms in total. The molecule has 218 valence electrons. The monoisotopic (exact) mass is 624 g/mol. The van der Waals surface area contributed by atoms with Crippen molar-refractivity contribution in [3.05, 3.63) is 169 Å². The van der Waals surface area contributed by atoms with Gasteiger partial charge in [0, 0.05) is 16.3 Å². The van der Waals surface area contributed by atoms with Crippen molar-refractivity contribution in [3.8, 4) is 33.4 Å². The average molecular weight is 625 g/mol. The first-order valence-corrected chi connectivity index (χ1v) is 13.9. The molecule has 1 aromatic heterocycles. The normalized spacial score (nSPS) is 20.2. The lowest BCUT2D eigenvalue weighted by molar-refractivity contribution is 0.670. The van der Waals surface area contributed by atoms with E-state index in [1.54, 1.807) is 0 Å². The van der Waals surface area contributed by atoms with Crippen LogP contribution in [0.2, 0.25) is 0 Å². The highest BCUT2D eigenvalue weighted by Gasteiger charge is 2.22. The van der Waals surface area contributed by atoms with E-state index < -0.39 is 268 Å². The fraction of sp³-hybridized carbons (Fsp3) is 0. The summed E-state index contributed by atoms with van der Waals surface area (Å²) in [6, 6.07) is -26.3. The maximum atomic E-state index is 9.61. The molecule has 0 bridgehead atoms. The van der Waals surface area contributed by atoms with Crippen LogP contribution in [0.5, 0.6) is 0 Å². The van der Waals surface area contributed by atoms with Crippen LogP contribution in [0, 0.1) is 0 Å². The van der Waals surface area contributed by atoms with Gasteiger partial charge in [-0.05, 0) is 76.9 Å². The van der Waals surface area contributed by atoms with E-state index in [2.05, 4.69) is 0 Å². The molecule has 10 aromatic rings.